The third-order valence-corrected chi connectivity index (χ3v) is 25.6. The van der Waals surface area contributed by atoms with E-state index in [1.165, 1.54) is 0 Å². The third kappa shape index (κ3) is 11.1. The van der Waals surface area contributed by atoms with Crippen LogP contribution in [0.25, 0.3) is 0 Å². The van der Waals surface area contributed by atoms with E-state index in [1.807, 2.05) is 244 Å². The summed E-state index contributed by atoms with van der Waals surface area (Å²) in [5, 5.41) is 4.04. The van der Waals surface area contributed by atoms with E-state index in [-0.39, 0.29) is 18.4 Å². The van der Waals surface area contributed by atoms with Gasteiger partial charge in [0.2, 0.25) is 0 Å². The van der Waals surface area contributed by atoms with E-state index in [1.54, 1.807) is 0 Å². The molecule has 0 heterocycles. The molecule has 9 rings (SSSR count). The first kappa shape index (κ1) is 55.6. The molecule has 400 valence electrons. The zero-order chi connectivity index (χ0) is 54.7. The molecule has 0 aliphatic rings. The third-order valence-electron chi connectivity index (χ3n) is 14.0. The predicted molar refractivity (Wildman–Crippen MR) is 307 cm³/mol. The van der Waals surface area contributed by atoms with Gasteiger partial charge < -0.3 is 0 Å². The number of halogens is 6. The van der Waals surface area contributed by atoms with Crippen molar-refractivity contribution in [2.75, 3.05) is 13.2 Å². The molecule has 14 heteroatoms. The van der Waals surface area contributed by atoms with Gasteiger partial charge in [-0.05, 0) is 0 Å². The van der Waals surface area contributed by atoms with Crippen LogP contribution in [0.2, 0.25) is 0 Å². The fourth-order valence-corrected chi connectivity index (χ4v) is 21.8. The molecule has 0 aliphatic carbocycles. The van der Waals surface area contributed by atoms with Crippen molar-refractivity contribution in [3.63, 3.8) is 0 Å². The molecule has 0 spiro atoms. The first-order chi connectivity index (χ1) is 37.7. The van der Waals surface area contributed by atoms with Crippen LogP contribution in [0, 0.1) is 0 Å². The van der Waals surface area contributed by atoms with E-state index < -0.39 is 50.2 Å². The maximum atomic E-state index is 15.1. The van der Waals surface area contributed by atoms with Crippen LogP contribution in [0.4, 0.5) is 26.3 Å². The van der Waals surface area contributed by atoms with Gasteiger partial charge in [0.15, 0.2) is 0 Å². The van der Waals surface area contributed by atoms with Crippen molar-refractivity contribution < 1.29 is 49.4 Å². The van der Waals surface area contributed by atoms with Gasteiger partial charge in [0.05, 0.1) is 0 Å². The Balaban J connectivity index is 1.44. The molecule has 0 aromatic heterocycles. The maximum absolute atomic E-state index is 15.1. The number of hydrogen-bond acceptors (Lipinski definition) is 5. The van der Waals surface area contributed by atoms with Crippen LogP contribution in [0.5, 0.6) is 17.2 Å². The first-order valence-electron chi connectivity index (χ1n) is 25.8. The van der Waals surface area contributed by atoms with Crippen molar-refractivity contribution in [3.05, 3.63) is 271 Å². The molecule has 5 nitrogen and oxygen atoms in total. The minimum atomic E-state index is -5.22. The SMILES string of the molecule is CCCOc1ccc(CP(OB(Oc2cc(C(F)(F)F)cc(C(F)(F)F)c2)OP(Cc2ccc(OCCC)cc2)(c2ccccc2)(c2ccccc2)c2ccccc2)(c2ccccc2)(c2ccccc2)c2ccccc2)cc1. The predicted octanol–water partition coefficient (Wildman–Crippen LogP) is 15.0. The molecule has 0 N–H and O–H groups in total. The summed E-state index contributed by atoms with van der Waals surface area (Å²) in [5.41, 5.74) is -1.58. The van der Waals surface area contributed by atoms with Gasteiger partial charge in [0, 0.05) is 0 Å². The Labute approximate surface area is 453 Å². The van der Waals surface area contributed by atoms with Gasteiger partial charge in [-0.3, -0.25) is 0 Å². The Hall–Kier alpha value is -7.20. The quantitative estimate of drug-likeness (QED) is 0.0384. The molecule has 0 saturated carbocycles. The topological polar surface area (TPSA) is 46.2 Å². The van der Waals surface area contributed by atoms with Crippen molar-refractivity contribution in [1.82, 2.24) is 0 Å². The number of hydrogen-bond donors (Lipinski definition) is 0. The summed E-state index contributed by atoms with van der Waals surface area (Å²) in [6.07, 6.45) is -8.64. The summed E-state index contributed by atoms with van der Waals surface area (Å²) in [7, 11) is -2.12. The molecule has 0 fully saturated rings. The van der Waals surface area contributed by atoms with Crippen molar-refractivity contribution in [3.8, 4) is 17.2 Å². The fraction of sp³-hybridized carbons (Fsp3) is 0.156. The van der Waals surface area contributed by atoms with Crippen molar-refractivity contribution in [1.29, 1.82) is 0 Å². The Kier molecular flexibility index (Phi) is 16.7. The number of alkyl halides is 6. The molecule has 9 aromatic carbocycles. The Morgan fingerprint density at radius 1 is 0.346 bits per heavy atom. The first-order valence-corrected chi connectivity index (χ1v) is 30.5. The monoisotopic (exact) mass is 1090 g/mol. The molecule has 0 atom stereocenters. The van der Waals surface area contributed by atoms with Crippen LogP contribution in [-0.4, -0.2) is 20.5 Å². The summed E-state index contributed by atoms with van der Waals surface area (Å²) in [6, 6.07) is 73.9. The molecule has 0 radical (unpaired) electrons. The van der Waals surface area contributed by atoms with Gasteiger partial charge in [0.1, 0.15) is 0 Å². The van der Waals surface area contributed by atoms with E-state index in [0.717, 1.165) is 24.0 Å². The normalized spacial score (nSPS) is 13.1. The van der Waals surface area contributed by atoms with Gasteiger partial charge in [-0.25, -0.2) is 0 Å². The molecule has 0 aliphatic heterocycles. The van der Waals surface area contributed by atoms with Crippen LogP contribution >= 0.6 is 13.7 Å². The second-order valence-corrected chi connectivity index (χ2v) is 28.1. The molecule has 78 heavy (non-hydrogen) atoms. The minimum absolute atomic E-state index is 0.0845. The summed E-state index contributed by atoms with van der Waals surface area (Å²) < 4.78 is 126. The average Bonchev–Trinajstić information content (AvgIpc) is 2.75. The van der Waals surface area contributed by atoms with E-state index in [2.05, 4.69) is 0 Å². The van der Waals surface area contributed by atoms with Crippen LogP contribution in [0.3, 0.4) is 0 Å². The summed E-state index contributed by atoms with van der Waals surface area (Å²) >= 11 is 0. The van der Waals surface area contributed by atoms with Gasteiger partial charge in [0.25, 0.3) is 0 Å². The van der Waals surface area contributed by atoms with Crippen LogP contribution in [0.15, 0.2) is 249 Å². The van der Waals surface area contributed by atoms with Crippen LogP contribution in [-0.2, 0) is 33.6 Å². The molecular weight excluding hydrogens is 1040 g/mol. The molecule has 0 unspecified atom stereocenters. The summed E-state index contributed by atoms with van der Waals surface area (Å²) in [4.78, 5) is 0. The molecule has 0 saturated heterocycles. The van der Waals surface area contributed by atoms with Crippen molar-refractivity contribution >= 4 is 52.8 Å². The summed E-state index contributed by atoms with van der Waals surface area (Å²) in [5.74, 6) is 0.506. The van der Waals surface area contributed by atoms with Crippen LogP contribution in [0.1, 0.15) is 48.9 Å². The number of ether oxygens (including phenoxy) is 2. The van der Waals surface area contributed by atoms with E-state index in [0.29, 0.717) is 68.7 Å². The zero-order valence-electron chi connectivity index (χ0n) is 43.2. The van der Waals surface area contributed by atoms with Gasteiger partial charge in [-0.2, -0.15) is 0 Å². The Morgan fingerprint density at radius 3 is 0.859 bits per heavy atom. The second kappa shape index (κ2) is 23.4. The van der Waals surface area contributed by atoms with E-state index in [4.69, 9.17) is 23.0 Å². The Morgan fingerprint density at radius 2 is 0.615 bits per heavy atom. The van der Waals surface area contributed by atoms with E-state index >= 15 is 26.3 Å². The fourth-order valence-electron chi connectivity index (χ4n) is 10.4. The average molecular weight is 1090 g/mol. The molecule has 0 amide bonds. The second-order valence-electron chi connectivity index (χ2n) is 19.1. The summed E-state index contributed by atoms with van der Waals surface area (Å²) in [6.45, 7) is -4.80. The standard InChI is InChI=1S/C64H59BF6O5P2/c1-3-43-72-54-39-35-50(36-40-54)48-77(57-23-11-5-12-24-57,58-25-13-6-14-26-58,59-27-15-7-16-28-59)75-65(74-56-46-52(63(66,67)68)45-53(47-56)64(69,70)71)76-78(60-29-17-8-18-30-60,61-31-19-9-20-32-61,62-33-21-10-22-34-62)49-51-37-41-55(42-38-51)73-44-4-2/h5-42,45-47H,3-4,43-44,48-49H2,1-2H3. The molecule has 9 aromatic rings. The molecule has 0 bridgehead atoms. The Bertz CT molecular complexity index is 2920. The number of rotatable bonds is 22. The molecular formula is C64H59BF6O5P2. The van der Waals surface area contributed by atoms with E-state index in [9.17, 15) is 0 Å². The zero-order valence-corrected chi connectivity index (χ0v) is 45.0. The van der Waals surface area contributed by atoms with Crippen molar-refractivity contribution in [2.24, 2.45) is 0 Å². The van der Waals surface area contributed by atoms with Gasteiger partial charge in [-0.1, -0.05) is 0 Å². The van der Waals surface area contributed by atoms with Crippen molar-refractivity contribution in [2.45, 2.75) is 51.4 Å². The van der Waals surface area contributed by atoms with Crippen LogP contribution < -0.4 is 46.0 Å². The van der Waals surface area contributed by atoms with Gasteiger partial charge >= 0.3 is 455 Å². The van der Waals surface area contributed by atoms with Gasteiger partial charge in [-0.15, -0.1) is 0 Å². The number of benzene rings is 9.